The van der Waals surface area contributed by atoms with Gasteiger partial charge in [0.2, 0.25) is 5.91 Å². The molecule has 2 aliphatic carbocycles. The van der Waals surface area contributed by atoms with Crippen molar-refractivity contribution in [1.82, 2.24) is 14.5 Å². The average molecular weight is 438 g/mol. The number of rotatable bonds is 5. The normalized spacial score (nSPS) is 17.3. The van der Waals surface area contributed by atoms with E-state index >= 15 is 0 Å². The maximum atomic E-state index is 14.0. The molecule has 0 spiro atoms. The van der Waals surface area contributed by atoms with E-state index < -0.39 is 0 Å². The molecule has 0 aliphatic heterocycles. The summed E-state index contributed by atoms with van der Waals surface area (Å²) >= 11 is 0. The molecule has 4 aromatic rings. The SMILES string of the molecule is O=C(Cn1c(-c2cccc3ccccc23)nc2ccccc21)N(C1CCCC1)C1CCCC1. The van der Waals surface area contributed by atoms with E-state index in [0.717, 1.165) is 48.1 Å². The maximum absolute atomic E-state index is 14.0. The third-order valence-corrected chi connectivity index (χ3v) is 7.70. The van der Waals surface area contributed by atoms with Crippen LogP contribution in [0.2, 0.25) is 0 Å². The highest BCUT2D eigenvalue weighted by Gasteiger charge is 2.34. The highest BCUT2D eigenvalue weighted by molar-refractivity contribution is 5.97. The predicted molar refractivity (Wildman–Crippen MR) is 134 cm³/mol. The zero-order valence-electron chi connectivity index (χ0n) is 19.1. The fraction of sp³-hybridized carbons (Fsp3) is 0.379. The summed E-state index contributed by atoms with van der Waals surface area (Å²) in [5.41, 5.74) is 3.07. The van der Waals surface area contributed by atoms with E-state index in [1.807, 2.05) is 12.1 Å². The monoisotopic (exact) mass is 437 g/mol. The van der Waals surface area contributed by atoms with Gasteiger partial charge in [0.1, 0.15) is 12.4 Å². The molecule has 4 nitrogen and oxygen atoms in total. The average Bonchev–Trinajstić information content (AvgIpc) is 3.62. The Morgan fingerprint density at radius 1 is 0.818 bits per heavy atom. The smallest absolute Gasteiger partial charge is 0.243 e. The van der Waals surface area contributed by atoms with Crippen molar-refractivity contribution in [3.8, 4) is 11.4 Å². The van der Waals surface area contributed by atoms with Gasteiger partial charge in [-0.1, -0.05) is 80.3 Å². The Hall–Kier alpha value is -3.14. The molecule has 0 atom stereocenters. The van der Waals surface area contributed by atoms with E-state index in [-0.39, 0.29) is 5.91 Å². The predicted octanol–water partition coefficient (Wildman–Crippen LogP) is 6.57. The lowest BCUT2D eigenvalue weighted by atomic mass is 10.0. The van der Waals surface area contributed by atoms with Gasteiger partial charge in [-0.2, -0.15) is 0 Å². The molecule has 4 heteroatoms. The van der Waals surface area contributed by atoms with Gasteiger partial charge in [-0.3, -0.25) is 4.79 Å². The Balaban J connectivity index is 1.44. The molecular weight excluding hydrogens is 406 g/mol. The molecule has 3 aromatic carbocycles. The second-order valence-corrected chi connectivity index (χ2v) is 9.71. The van der Waals surface area contributed by atoms with Crippen molar-refractivity contribution in [1.29, 1.82) is 0 Å². The van der Waals surface area contributed by atoms with E-state index in [0.29, 0.717) is 18.6 Å². The molecule has 2 saturated carbocycles. The molecule has 0 bridgehead atoms. The number of amides is 1. The van der Waals surface area contributed by atoms with Crippen molar-refractivity contribution in [2.75, 3.05) is 0 Å². The van der Waals surface area contributed by atoms with E-state index in [2.05, 4.69) is 64.1 Å². The molecule has 1 amide bonds. The van der Waals surface area contributed by atoms with Crippen LogP contribution >= 0.6 is 0 Å². The number of aromatic nitrogens is 2. The Morgan fingerprint density at radius 2 is 1.45 bits per heavy atom. The molecule has 1 aromatic heterocycles. The topological polar surface area (TPSA) is 38.1 Å². The Labute approximate surface area is 195 Å². The van der Waals surface area contributed by atoms with Crippen molar-refractivity contribution in [3.05, 3.63) is 66.7 Å². The van der Waals surface area contributed by atoms with Crippen LogP contribution < -0.4 is 0 Å². The molecule has 2 aliphatic rings. The molecule has 1 heterocycles. The van der Waals surface area contributed by atoms with Crippen LogP contribution in [0.1, 0.15) is 51.4 Å². The minimum Gasteiger partial charge on any atom is -0.335 e. The highest BCUT2D eigenvalue weighted by atomic mass is 16.2. The largest absolute Gasteiger partial charge is 0.335 e. The molecular formula is C29H31N3O. The summed E-state index contributed by atoms with van der Waals surface area (Å²) in [4.78, 5) is 21.3. The summed E-state index contributed by atoms with van der Waals surface area (Å²) in [7, 11) is 0. The molecule has 0 radical (unpaired) electrons. The first kappa shape index (κ1) is 20.5. The van der Waals surface area contributed by atoms with Crippen molar-refractivity contribution in [2.24, 2.45) is 0 Å². The van der Waals surface area contributed by atoms with Crippen LogP contribution in [0, 0.1) is 0 Å². The third-order valence-electron chi connectivity index (χ3n) is 7.70. The van der Waals surface area contributed by atoms with E-state index in [9.17, 15) is 4.79 Å². The van der Waals surface area contributed by atoms with E-state index in [1.165, 1.54) is 36.5 Å². The van der Waals surface area contributed by atoms with Crippen LogP contribution in [0.15, 0.2) is 66.7 Å². The van der Waals surface area contributed by atoms with Gasteiger partial charge in [-0.05, 0) is 48.6 Å². The molecule has 0 saturated heterocycles. The van der Waals surface area contributed by atoms with Gasteiger partial charge in [0.05, 0.1) is 11.0 Å². The van der Waals surface area contributed by atoms with Crippen molar-refractivity contribution in [3.63, 3.8) is 0 Å². The highest BCUT2D eigenvalue weighted by Crippen LogP contribution is 2.34. The number of fused-ring (bicyclic) bond motifs is 2. The standard InChI is InChI=1S/C29H31N3O/c33-28(32(22-12-2-3-13-22)23-14-4-5-15-23)20-31-27-19-8-7-18-26(27)30-29(31)25-17-9-11-21-10-1-6-16-24(21)25/h1,6-11,16-19,22-23H,2-5,12-15,20H2. The molecule has 0 unspecified atom stereocenters. The Morgan fingerprint density at radius 3 is 2.21 bits per heavy atom. The molecule has 2 fully saturated rings. The van der Waals surface area contributed by atoms with Crippen molar-refractivity contribution < 1.29 is 4.79 Å². The number of carbonyl (C=O) groups is 1. The number of para-hydroxylation sites is 2. The van der Waals surface area contributed by atoms with Gasteiger partial charge in [0.15, 0.2) is 0 Å². The lowest BCUT2D eigenvalue weighted by Crippen LogP contribution is -2.46. The number of benzene rings is 3. The van der Waals surface area contributed by atoms with Gasteiger partial charge in [0, 0.05) is 17.6 Å². The summed E-state index contributed by atoms with van der Waals surface area (Å²) in [6.45, 7) is 0.353. The van der Waals surface area contributed by atoms with Crippen LogP contribution in [-0.2, 0) is 11.3 Å². The zero-order valence-corrected chi connectivity index (χ0v) is 19.1. The zero-order chi connectivity index (χ0) is 22.2. The van der Waals surface area contributed by atoms with E-state index in [1.54, 1.807) is 0 Å². The fourth-order valence-corrected chi connectivity index (χ4v) is 6.15. The molecule has 6 rings (SSSR count). The van der Waals surface area contributed by atoms with Gasteiger partial charge in [0.25, 0.3) is 0 Å². The van der Waals surface area contributed by atoms with Gasteiger partial charge >= 0.3 is 0 Å². The van der Waals surface area contributed by atoms with E-state index in [4.69, 9.17) is 4.98 Å². The Bertz CT molecular complexity index is 1270. The number of nitrogens with zero attached hydrogens (tertiary/aromatic N) is 3. The van der Waals surface area contributed by atoms with Crippen LogP contribution in [0.4, 0.5) is 0 Å². The van der Waals surface area contributed by atoms with Crippen LogP contribution in [-0.4, -0.2) is 32.4 Å². The maximum Gasteiger partial charge on any atom is 0.243 e. The Kier molecular flexibility index (Phi) is 5.37. The number of imidazole rings is 1. The minimum absolute atomic E-state index is 0.262. The van der Waals surface area contributed by atoms with Crippen LogP contribution in [0.25, 0.3) is 33.2 Å². The van der Waals surface area contributed by atoms with Gasteiger partial charge in [-0.25, -0.2) is 4.98 Å². The number of carbonyl (C=O) groups excluding carboxylic acids is 1. The summed E-state index contributed by atoms with van der Waals surface area (Å²) in [6.07, 6.45) is 9.61. The number of hydrogen-bond acceptors (Lipinski definition) is 2. The first-order valence-corrected chi connectivity index (χ1v) is 12.5. The summed E-state index contributed by atoms with van der Waals surface area (Å²) in [5.74, 6) is 1.15. The summed E-state index contributed by atoms with van der Waals surface area (Å²) < 4.78 is 2.16. The quantitative estimate of drug-likeness (QED) is 0.354. The molecule has 0 N–H and O–H groups in total. The first-order valence-electron chi connectivity index (χ1n) is 12.5. The minimum atomic E-state index is 0.262. The second kappa shape index (κ2) is 8.66. The van der Waals surface area contributed by atoms with Crippen molar-refractivity contribution in [2.45, 2.75) is 70.0 Å². The third kappa shape index (κ3) is 3.72. The van der Waals surface area contributed by atoms with Crippen molar-refractivity contribution >= 4 is 27.7 Å². The van der Waals surface area contributed by atoms with Gasteiger partial charge < -0.3 is 9.47 Å². The number of hydrogen-bond donors (Lipinski definition) is 0. The lowest BCUT2D eigenvalue weighted by Gasteiger charge is -2.35. The summed E-state index contributed by atoms with van der Waals surface area (Å²) in [5, 5.41) is 2.37. The fourth-order valence-electron chi connectivity index (χ4n) is 6.15. The second-order valence-electron chi connectivity index (χ2n) is 9.71. The molecule has 33 heavy (non-hydrogen) atoms. The van der Waals surface area contributed by atoms with Crippen LogP contribution in [0.3, 0.4) is 0 Å². The first-order chi connectivity index (χ1) is 16.3. The molecule has 168 valence electrons. The lowest BCUT2D eigenvalue weighted by molar-refractivity contribution is -0.136. The van der Waals surface area contributed by atoms with Crippen LogP contribution in [0.5, 0.6) is 0 Å². The summed E-state index contributed by atoms with van der Waals surface area (Å²) in [6, 6.07) is 23.8. The van der Waals surface area contributed by atoms with Gasteiger partial charge in [-0.15, -0.1) is 0 Å².